The zero-order valence-electron chi connectivity index (χ0n) is 15.7. The predicted molar refractivity (Wildman–Crippen MR) is 101 cm³/mol. The number of benzene rings is 1. The van der Waals surface area contributed by atoms with Crippen LogP contribution in [0.25, 0.3) is 6.08 Å². The maximum absolute atomic E-state index is 8.54. The maximum Gasteiger partial charge on any atom is 0.0844 e. The zero-order valence-corrected chi connectivity index (χ0v) is 15.7. The van der Waals surface area contributed by atoms with Crippen LogP contribution in [0.2, 0.25) is 0 Å². The Morgan fingerprint density at radius 2 is 1.42 bits per heavy atom. The Bertz CT molecular complexity index is 448. The minimum atomic E-state index is 0.0202. The molecule has 0 radical (unpaired) electrons. The van der Waals surface area contributed by atoms with E-state index in [4.69, 9.17) is 28.8 Å². The molecule has 0 saturated carbocycles. The van der Waals surface area contributed by atoms with E-state index < -0.39 is 0 Å². The van der Waals surface area contributed by atoms with Gasteiger partial charge in [0.2, 0.25) is 0 Å². The van der Waals surface area contributed by atoms with Crippen molar-refractivity contribution in [3.8, 4) is 0 Å². The van der Waals surface area contributed by atoms with Crippen LogP contribution in [0, 0.1) is 0 Å². The van der Waals surface area contributed by atoms with Crippen LogP contribution >= 0.6 is 0 Å². The van der Waals surface area contributed by atoms with Crippen molar-refractivity contribution in [1.29, 1.82) is 0 Å². The molecular weight excluding hydrogens is 336 g/mol. The number of ether oxygens (including phenoxy) is 5. The van der Waals surface area contributed by atoms with Gasteiger partial charge in [-0.1, -0.05) is 36.9 Å². The van der Waals surface area contributed by atoms with Gasteiger partial charge in [0.05, 0.1) is 65.6 Å². The number of methoxy groups -OCH3 is 1. The van der Waals surface area contributed by atoms with Gasteiger partial charge in [0.25, 0.3) is 0 Å². The van der Waals surface area contributed by atoms with Crippen LogP contribution in [-0.4, -0.2) is 77.8 Å². The molecule has 1 N–H and O–H groups in total. The van der Waals surface area contributed by atoms with Crippen LogP contribution in [0.15, 0.2) is 30.8 Å². The summed E-state index contributed by atoms with van der Waals surface area (Å²) in [5, 5.41) is 8.54. The van der Waals surface area contributed by atoms with Crippen molar-refractivity contribution in [2.75, 3.05) is 66.6 Å². The van der Waals surface area contributed by atoms with Gasteiger partial charge < -0.3 is 28.8 Å². The summed E-state index contributed by atoms with van der Waals surface area (Å²) in [6, 6.07) is 8.26. The standard InChI is InChI=1S/C20H32O6/c1-3-18-4-6-19(7-5-18)16-20(22-2)17-26-15-14-25-13-12-24-11-10-23-9-8-21/h3-7,20-21H,1,8-17H2,2H3. The quantitative estimate of drug-likeness (QED) is 0.424. The SMILES string of the molecule is C=Cc1ccc(CC(COCCOCCOCCOCCO)OC)cc1. The Balaban J connectivity index is 1.98. The first kappa shape index (κ1) is 22.8. The van der Waals surface area contributed by atoms with E-state index in [0.717, 1.165) is 12.0 Å². The maximum atomic E-state index is 8.54. The molecule has 6 nitrogen and oxygen atoms in total. The lowest BCUT2D eigenvalue weighted by Gasteiger charge is -2.16. The lowest BCUT2D eigenvalue weighted by Crippen LogP contribution is -2.22. The van der Waals surface area contributed by atoms with E-state index in [1.165, 1.54) is 5.56 Å². The Morgan fingerprint density at radius 3 is 1.92 bits per heavy atom. The monoisotopic (exact) mass is 368 g/mol. The van der Waals surface area contributed by atoms with Crippen molar-refractivity contribution < 1.29 is 28.8 Å². The average molecular weight is 368 g/mol. The molecule has 1 atom stereocenters. The van der Waals surface area contributed by atoms with E-state index in [1.54, 1.807) is 7.11 Å². The van der Waals surface area contributed by atoms with E-state index >= 15 is 0 Å². The van der Waals surface area contributed by atoms with Gasteiger partial charge in [-0.2, -0.15) is 0 Å². The minimum absolute atomic E-state index is 0.0202. The highest BCUT2D eigenvalue weighted by Gasteiger charge is 2.08. The van der Waals surface area contributed by atoms with Crippen LogP contribution in [-0.2, 0) is 30.1 Å². The normalized spacial score (nSPS) is 12.2. The van der Waals surface area contributed by atoms with E-state index in [1.807, 2.05) is 18.2 Å². The topological polar surface area (TPSA) is 66.4 Å². The van der Waals surface area contributed by atoms with Crippen molar-refractivity contribution in [3.05, 3.63) is 42.0 Å². The van der Waals surface area contributed by atoms with Crippen LogP contribution in [0.4, 0.5) is 0 Å². The van der Waals surface area contributed by atoms with E-state index in [9.17, 15) is 0 Å². The molecule has 0 aromatic heterocycles. The van der Waals surface area contributed by atoms with Crippen molar-refractivity contribution >= 4 is 6.08 Å². The van der Waals surface area contributed by atoms with Crippen molar-refractivity contribution in [1.82, 2.24) is 0 Å². The third kappa shape index (κ3) is 11.4. The summed E-state index contributed by atoms with van der Waals surface area (Å²) in [5.41, 5.74) is 2.32. The highest BCUT2D eigenvalue weighted by atomic mass is 16.6. The molecule has 0 fully saturated rings. The first-order valence-corrected chi connectivity index (χ1v) is 8.96. The molecule has 0 amide bonds. The molecule has 0 aliphatic rings. The first-order chi connectivity index (χ1) is 12.8. The largest absolute Gasteiger partial charge is 0.394 e. The fourth-order valence-corrected chi connectivity index (χ4v) is 2.20. The van der Waals surface area contributed by atoms with Gasteiger partial charge in [-0.05, 0) is 11.1 Å². The van der Waals surface area contributed by atoms with Crippen LogP contribution in [0.5, 0.6) is 0 Å². The second-order valence-electron chi connectivity index (χ2n) is 5.64. The Labute approximate surface area is 156 Å². The Morgan fingerprint density at radius 1 is 0.885 bits per heavy atom. The molecule has 0 aliphatic carbocycles. The minimum Gasteiger partial charge on any atom is -0.394 e. The van der Waals surface area contributed by atoms with Crippen molar-refractivity contribution in [2.45, 2.75) is 12.5 Å². The average Bonchev–Trinajstić information content (AvgIpc) is 2.68. The molecule has 6 heteroatoms. The molecule has 26 heavy (non-hydrogen) atoms. The highest BCUT2D eigenvalue weighted by Crippen LogP contribution is 2.09. The first-order valence-electron chi connectivity index (χ1n) is 8.96. The van der Waals surface area contributed by atoms with Crippen molar-refractivity contribution in [2.24, 2.45) is 0 Å². The summed E-state index contributed by atoms with van der Waals surface area (Å²) in [4.78, 5) is 0. The van der Waals surface area contributed by atoms with Crippen LogP contribution < -0.4 is 0 Å². The molecule has 1 aromatic rings. The smallest absolute Gasteiger partial charge is 0.0844 e. The van der Waals surface area contributed by atoms with Gasteiger partial charge >= 0.3 is 0 Å². The fourth-order valence-electron chi connectivity index (χ4n) is 2.20. The van der Waals surface area contributed by atoms with Gasteiger partial charge in [0.15, 0.2) is 0 Å². The van der Waals surface area contributed by atoms with Crippen molar-refractivity contribution in [3.63, 3.8) is 0 Å². The van der Waals surface area contributed by atoms with E-state index in [0.29, 0.717) is 52.9 Å². The second-order valence-corrected chi connectivity index (χ2v) is 5.64. The van der Waals surface area contributed by atoms with E-state index in [2.05, 4.69) is 18.7 Å². The highest BCUT2D eigenvalue weighted by molar-refractivity contribution is 5.47. The fraction of sp³-hybridized carbons (Fsp3) is 0.600. The number of rotatable bonds is 17. The van der Waals surface area contributed by atoms with Gasteiger partial charge in [-0.15, -0.1) is 0 Å². The summed E-state index contributed by atoms with van der Waals surface area (Å²) in [6.07, 6.45) is 2.66. The molecule has 0 spiro atoms. The number of aliphatic hydroxyl groups is 1. The molecule has 0 saturated heterocycles. The lowest BCUT2D eigenvalue weighted by molar-refractivity contribution is -0.0265. The van der Waals surface area contributed by atoms with Gasteiger partial charge in [-0.25, -0.2) is 0 Å². The molecule has 1 unspecified atom stereocenters. The summed E-state index contributed by atoms with van der Waals surface area (Å²) in [7, 11) is 1.70. The molecular formula is C20H32O6. The third-order valence-electron chi connectivity index (χ3n) is 3.67. The predicted octanol–water partition coefficient (Wildman–Crippen LogP) is 1.95. The molecule has 1 rings (SSSR count). The molecule has 0 aliphatic heterocycles. The summed E-state index contributed by atoms with van der Waals surface area (Å²) in [6.45, 7) is 7.74. The van der Waals surface area contributed by atoms with Crippen LogP contribution in [0.3, 0.4) is 0 Å². The van der Waals surface area contributed by atoms with E-state index in [-0.39, 0.29) is 12.7 Å². The summed E-state index contributed by atoms with van der Waals surface area (Å²) >= 11 is 0. The second kappa shape index (κ2) is 15.9. The zero-order chi connectivity index (χ0) is 18.9. The van der Waals surface area contributed by atoms with Crippen LogP contribution in [0.1, 0.15) is 11.1 Å². The van der Waals surface area contributed by atoms with Gasteiger partial charge in [-0.3, -0.25) is 0 Å². The lowest BCUT2D eigenvalue weighted by atomic mass is 10.1. The molecule has 0 bridgehead atoms. The molecule has 0 heterocycles. The number of aliphatic hydroxyl groups excluding tert-OH is 1. The summed E-state index contributed by atoms with van der Waals surface area (Å²) < 4.78 is 26.9. The number of hydrogen-bond acceptors (Lipinski definition) is 6. The molecule has 148 valence electrons. The Kier molecular flexibility index (Phi) is 13.9. The number of hydrogen-bond donors (Lipinski definition) is 1. The summed E-state index contributed by atoms with van der Waals surface area (Å²) in [5.74, 6) is 0. The van der Waals surface area contributed by atoms with Gasteiger partial charge in [0.1, 0.15) is 0 Å². The Hall–Kier alpha value is -1.28. The van der Waals surface area contributed by atoms with Gasteiger partial charge in [0, 0.05) is 13.5 Å². The third-order valence-corrected chi connectivity index (χ3v) is 3.67. The molecule has 1 aromatic carbocycles.